The summed E-state index contributed by atoms with van der Waals surface area (Å²) in [5, 5.41) is 0. The molecule has 8 heteroatoms. The standard InChI is InChI=1S/C3H4ClF2NO2S.FH/c1-7(4)3(8)9-10-2(5)6;/h2H,1H3;1H. The van der Waals surface area contributed by atoms with Gasteiger partial charge in [0, 0.05) is 18.8 Å². The molecule has 0 aromatic heterocycles. The molecule has 0 spiro atoms. The summed E-state index contributed by atoms with van der Waals surface area (Å²) in [6, 6.07) is 0. The fourth-order valence-electron chi connectivity index (χ4n) is 0.129. The van der Waals surface area contributed by atoms with Gasteiger partial charge in [0.15, 0.2) is 0 Å². The predicted octanol–water partition coefficient (Wildman–Crippen LogP) is 2.23. The Hall–Kier alpha value is -0.300. The van der Waals surface area contributed by atoms with Crippen LogP contribution in [0.1, 0.15) is 0 Å². The Kier molecular flexibility index (Phi) is 7.75. The fraction of sp³-hybridized carbons (Fsp3) is 0.667. The van der Waals surface area contributed by atoms with E-state index in [0.29, 0.717) is 4.42 Å². The Morgan fingerprint density at radius 2 is 2.18 bits per heavy atom. The van der Waals surface area contributed by atoms with Crippen molar-refractivity contribution in [3.8, 4) is 0 Å². The Balaban J connectivity index is 0. The van der Waals surface area contributed by atoms with Gasteiger partial charge in [-0.05, 0) is 0 Å². The van der Waals surface area contributed by atoms with E-state index in [4.69, 9.17) is 11.8 Å². The molecule has 68 valence electrons. The SMILES string of the molecule is CN(Cl)C(=O)OSC(F)F.F. The Bertz CT molecular complexity index is 125. The van der Waals surface area contributed by atoms with E-state index in [1.807, 2.05) is 0 Å². The van der Waals surface area contributed by atoms with E-state index in [0.717, 1.165) is 0 Å². The van der Waals surface area contributed by atoms with Crippen molar-refractivity contribution in [3.05, 3.63) is 0 Å². The summed E-state index contributed by atoms with van der Waals surface area (Å²) in [5.74, 6) is -2.74. The van der Waals surface area contributed by atoms with Gasteiger partial charge in [-0.25, -0.2) is 9.21 Å². The maximum atomic E-state index is 11.3. The van der Waals surface area contributed by atoms with Gasteiger partial charge < -0.3 is 4.18 Å². The van der Waals surface area contributed by atoms with Crippen LogP contribution in [0.4, 0.5) is 18.3 Å². The number of carbonyl (C=O) groups is 1. The lowest BCUT2D eigenvalue weighted by Gasteiger charge is -2.04. The van der Waals surface area contributed by atoms with Crippen molar-refractivity contribution in [2.75, 3.05) is 7.05 Å². The van der Waals surface area contributed by atoms with Crippen LogP contribution in [-0.2, 0) is 4.18 Å². The smallest absolute Gasteiger partial charge is 0.368 e. The minimum Gasteiger partial charge on any atom is -0.368 e. The third kappa shape index (κ3) is 7.60. The van der Waals surface area contributed by atoms with Gasteiger partial charge in [-0.3, -0.25) is 4.70 Å². The molecule has 3 nitrogen and oxygen atoms in total. The van der Waals surface area contributed by atoms with E-state index in [1.54, 1.807) is 0 Å². The number of alkyl halides is 2. The van der Waals surface area contributed by atoms with Crippen LogP contribution in [0.2, 0.25) is 0 Å². The number of hydrogen-bond acceptors (Lipinski definition) is 3. The monoisotopic (exact) mass is 211 g/mol. The summed E-state index contributed by atoms with van der Waals surface area (Å²) >= 11 is 4.77. The summed E-state index contributed by atoms with van der Waals surface area (Å²) in [5.41, 5.74) is 0. The second-order valence-corrected chi connectivity index (χ2v) is 2.41. The largest absolute Gasteiger partial charge is 0.436 e. The number of carbonyl (C=O) groups excluding carboxylic acids is 1. The zero-order valence-electron chi connectivity index (χ0n) is 5.29. The zero-order chi connectivity index (χ0) is 8.15. The van der Waals surface area contributed by atoms with Crippen molar-refractivity contribution < 1.29 is 22.5 Å². The van der Waals surface area contributed by atoms with Gasteiger partial charge in [-0.1, -0.05) is 0 Å². The second-order valence-electron chi connectivity index (χ2n) is 1.18. The van der Waals surface area contributed by atoms with Crippen molar-refractivity contribution in [3.63, 3.8) is 0 Å². The Morgan fingerprint density at radius 3 is 2.45 bits per heavy atom. The number of halogens is 4. The molecule has 0 aliphatic rings. The lowest BCUT2D eigenvalue weighted by molar-refractivity contribution is 0.186. The van der Waals surface area contributed by atoms with E-state index in [-0.39, 0.29) is 16.7 Å². The van der Waals surface area contributed by atoms with Crippen molar-refractivity contribution in [1.82, 2.24) is 4.42 Å². The summed E-state index contributed by atoms with van der Waals surface area (Å²) in [7, 11) is 1.18. The number of rotatable bonds is 2. The van der Waals surface area contributed by atoms with Crippen LogP contribution in [0, 0.1) is 0 Å². The molecule has 0 aromatic rings. The zero-order valence-corrected chi connectivity index (χ0v) is 6.86. The molecular weight excluding hydrogens is 207 g/mol. The molecule has 0 atom stereocenters. The van der Waals surface area contributed by atoms with Gasteiger partial charge in [-0.2, -0.15) is 8.78 Å². The molecule has 0 aromatic carbocycles. The van der Waals surface area contributed by atoms with Gasteiger partial charge in [0.2, 0.25) is 0 Å². The average molecular weight is 212 g/mol. The number of amides is 1. The highest BCUT2D eigenvalue weighted by molar-refractivity contribution is 7.95. The van der Waals surface area contributed by atoms with Crippen LogP contribution in [0.5, 0.6) is 0 Å². The van der Waals surface area contributed by atoms with Gasteiger partial charge in [-0.15, -0.1) is 0 Å². The molecule has 0 radical (unpaired) electrons. The Labute approximate surface area is 70.3 Å². The van der Waals surface area contributed by atoms with E-state index in [1.165, 1.54) is 7.05 Å². The number of nitrogens with zero attached hydrogens (tertiary/aromatic N) is 1. The highest BCUT2D eigenvalue weighted by atomic mass is 35.5. The lowest BCUT2D eigenvalue weighted by Crippen LogP contribution is -2.15. The highest BCUT2D eigenvalue weighted by Gasteiger charge is 2.12. The summed E-state index contributed by atoms with van der Waals surface area (Å²) in [4.78, 5) is 10.3. The molecule has 0 aliphatic carbocycles. The average Bonchev–Trinajstić information content (AvgIpc) is 1.82. The molecule has 0 saturated heterocycles. The first-order valence-electron chi connectivity index (χ1n) is 2.09. The first-order chi connectivity index (χ1) is 4.54. The predicted molar refractivity (Wildman–Crippen MR) is 36.2 cm³/mol. The van der Waals surface area contributed by atoms with E-state index in [9.17, 15) is 13.6 Å². The van der Waals surface area contributed by atoms with Crippen LogP contribution in [0.25, 0.3) is 0 Å². The summed E-state index contributed by atoms with van der Waals surface area (Å²) in [6.07, 6.45) is -1.02. The molecule has 0 unspecified atom stereocenters. The van der Waals surface area contributed by atoms with E-state index < -0.39 is 11.9 Å². The molecule has 0 N–H and O–H groups in total. The van der Waals surface area contributed by atoms with E-state index in [2.05, 4.69) is 4.18 Å². The van der Waals surface area contributed by atoms with E-state index >= 15 is 0 Å². The lowest BCUT2D eigenvalue weighted by atomic mass is 11.1. The van der Waals surface area contributed by atoms with Crippen LogP contribution in [0.3, 0.4) is 0 Å². The van der Waals surface area contributed by atoms with Gasteiger partial charge in [0.1, 0.15) is 12.0 Å². The van der Waals surface area contributed by atoms with Gasteiger partial charge in [0.25, 0.3) is 0 Å². The topological polar surface area (TPSA) is 29.5 Å². The Morgan fingerprint density at radius 1 is 1.73 bits per heavy atom. The molecule has 0 aliphatic heterocycles. The molecule has 11 heavy (non-hydrogen) atoms. The van der Waals surface area contributed by atoms with Crippen LogP contribution in [-0.4, -0.2) is 23.3 Å². The first kappa shape index (κ1) is 13.3. The second kappa shape index (κ2) is 6.41. The molecule has 0 saturated carbocycles. The molecule has 0 heterocycles. The number of hydrogen-bond donors (Lipinski definition) is 0. The molecule has 0 rings (SSSR count). The minimum atomic E-state index is -2.74. The fourth-order valence-corrected chi connectivity index (χ4v) is 0.471. The normalized spacial score (nSPS) is 8.82. The summed E-state index contributed by atoms with van der Waals surface area (Å²) < 4.78 is 27.0. The minimum absolute atomic E-state index is 0. The van der Waals surface area contributed by atoms with Crippen molar-refractivity contribution >= 4 is 29.9 Å². The van der Waals surface area contributed by atoms with Crippen LogP contribution < -0.4 is 0 Å². The maximum absolute atomic E-state index is 11.3. The van der Waals surface area contributed by atoms with Crippen LogP contribution in [0.15, 0.2) is 0 Å². The third-order valence-corrected chi connectivity index (χ3v) is 0.966. The molecule has 0 fully saturated rings. The third-order valence-electron chi connectivity index (χ3n) is 0.444. The first-order valence-corrected chi connectivity index (χ1v) is 3.23. The van der Waals surface area contributed by atoms with Crippen LogP contribution >= 0.6 is 23.8 Å². The molecule has 1 amide bonds. The van der Waals surface area contributed by atoms with Crippen molar-refractivity contribution in [2.24, 2.45) is 0 Å². The maximum Gasteiger partial charge on any atom is 0.436 e. The van der Waals surface area contributed by atoms with Crippen molar-refractivity contribution in [2.45, 2.75) is 5.76 Å². The summed E-state index contributed by atoms with van der Waals surface area (Å²) in [6.45, 7) is 0. The highest BCUT2D eigenvalue weighted by Crippen LogP contribution is 2.15. The van der Waals surface area contributed by atoms with Gasteiger partial charge >= 0.3 is 11.9 Å². The molecular formula is C3H5ClF3NO2S. The molecule has 0 bridgehead atoms. The van der Waals surface area contributed by atoms with Gasteiger partial charge in [0.05, 0.1) is 0 Å². The van der Waals surface area contributed by atoms with Crippen molar-refractivity contribution in [1.29, 1.82) is 0 Å². The quantitative estimate of drug-likeness (QED) is 0.518.